The second kappa shape index (κ2) is 8.10. The molecule has 1 heterocycles. The Kier molecular flexibility index (Phi) is 5.20. The Hall–Kier alpha value is -3.73. The van der Waals surface area contributed by atoms with E-state index in [0.717, 1.165) is 16.7 Å². The fraction of sp³-hybridized carbons (Fsp3) is 0.125. The third-order valence-corrected chi connectivity index (χ3v) is 4.84. The van der Waals surface area contributed by atoms with E-state index >= 15 is 0 Å². The van der Waals surface area contributed by atoms with Crippen LogP contribution in [0.25, 0.3) is 11.5 Å². The van der Waals surface area contributed by atoms with Gasteiger partial charge in [0, 0.05) is 18.2 Å². The number of nitrogens with zero attached hydrogens (tertiary/aromatic N) is 3. The average molecular weight is 383 g/mol. The Morgan fingerprint density at radius 2 is 1.41 bits per heavy atom. The molecule has 0 radical (unpaired) electrons. The van der Waals surface area contributed by atoms with Gasteiger partial charge in [-0.05, 0) is 42.3 Å². The predicted molar refractivity (Wildman–Crippen MR) is 111 cm³/mol. The smallest absolute Gasteiger partial charge is 0.257 e. The highest BCUT2D eigenvalue weighted by molar-refractivity contribution is 5.95. The van der Waals surface area contributed by atoms with Crippen LogP contribution >= 0.6 is 0 Å². The van der Waals surface area contributed by atoms with Crippen molar-refractivity contribution >= 4 is 5.91 Å². The van der Waals surface area contributed by atoms with Crippen molar-refractivity contribution in [2.24, 2.45) is 0 Å². The van der Waals surface area contributed by atoms with Crippen molar-refractivity contribution in [2.45, 2.75) is 13.0 Å². The normalized spacial score (nSPS) is 10.9. The molecule has 0 aliphatic rings. The third kappa shape index (κ3) is 3.94. The summed E-state index contributed by atoms with van der Waals surface area (Å²) in [7, 11) is 1.84. The van der Waals surface area contributed by atoms with Crippen molar-refractivity contribution in [3.8, 4) is 11.5 Å². The predicted octanol–water partition coefficient (Wildman–Crippen LogP) is 4.91. The lowest BCUT2D eigenvalue weighted by molar-refractivity contribution is 0.0755. The van der Waals surface area contributed by atoms with Crippen LogP contribution in [0.3, 0.4) is 0 Å². The van der Waals surface area contributed by atoms with Gasteiger partial charge in [-0.15, -0.1) is 0 Å². The highest BCUT2D eigenvalue weighted by Crippen LogP contribution is 2.29. The first kappa shape index (κ1) is 18.6. The highest BCUT2D eigenvalue weighted by Gasteiger charge is 2.24. The molecule has 0 saturated heterocycles. The molecule has 0 aliphatic heterocycles. The van der Waals surface area contributed by atoms with E-state index in [-0.39, 0.29) is 11.9 Å². The van der Waals surface area contributed by atoms with Gasteiger partial charge in [-0.3, -0.25) is 4.79 Å². The fourth-order valence-electron chi connectivity index (χ4n) is 3.40. The van der Waals surface area contributed by atoms with E-state index in [1.807, 2.05) is 79.8 Å². The molecule has 5 heteroatoms. The van der Waals surface area contributed by atoms with Crippen LogP contribution < -0.4 is 0 Å². The molecule has 5 nitrogen and oxygen atoms in total. The van der Waals surface area contributed by atoms with Crippen molar-refractivity contribution in [3.05, 3.63) is 107 Å². The van der Waals surface area contributed by atoms with Crippen LogP contribution in [-0.4, -0.2) is 28.0 Å². The minimum atomic E-state index is -0.178. The molecule has 0 fully saturated rings. The van der Waals surface area contributed by atoms with Crippen LogP contribution in [0.4, 0.5) is 0 Å². The monoisotopic (exact) mass is 383 g/mol. The SMILES string of the molecule is Cc1noc(-c2ccc(C(=O)N(C)C(c3ccccc3)c3ccccc3)cc2)n1. The molecule has 4 aromatic rings. The van der Waals surface area contributed by atoms with Crippen molar-refractivity contribution in [1.29, 1.82) is 0 Å². The van der Waals surface area contributed by atoms with E-state index in [9.17, 15) is 4.79 Å². The Balaban J connectivity index is 1.64. The minimum Gasteiger partial charge on any atom is -0.334 e. The molecule has 0 saturated carbocycles. The maximum atomic E-state index is 13.3. The number of aryl methyl sites for hydroxylation is 1. The molecule has 1 amide bonds. The Morgan fingerprint density at radius 1 is 0.862 bits per heavy atom. The second-order valence-corrected chi connectivity index (χ2v) is 6.86. The van der Waals surface area contributed by atoms with Gasteiger partial charge in [0.05, 0.1) is 6.04 Å². The number of aromatic nitrogens is 2. The molecule has 0 bridgehead atoms. The summed E-state index contributed by atoms with van der Waals surface area (Å²) in [4.78, 5) is 19.3. The number of rotatable bonds is 5. The molecular weight excluding hydrogens is 362 g/mol. The summed E-state index contributed by atoms with van der Waals surface area (Å²) in [6, 6.07) is 27.2. The zero-order valence-corrected chi connectivity index (χ0v) is 16.3. The maximum Gasteiger partial charge on any atom is 0.257 e. The lowest BCUT2D eigenvalue weighted by Crippen LogP contribution is -2.32. The Morgan fingerprint density at radius 3 is 1.90 bits per heavy atom. The summed E-state index contributed by atoms with van der Waals surface area (Å²) < 4.78 is 5.20. The zero-order valence-electron chi connectivity index (χ0n) is 16.3. The topological polar surface area (TPSA) is 59.2 Å². The molecule has 3 aromatic carbocycles. The summed E-state index contributed by atoms with van der Waals surface area (Å²) >= 11 is 0. The van der Waals surface area contributed by atoms with E-state index < -0.39 is 0 Å². The van der Waals surface area contributed by atoms with Crippen LogP contribution in [0.5, 0.6) is 0 Å². The number of hydrogen-bond donors (Lipinski definition) is 0. The first-order valence-electron chi connectivity index (χ1n) is 9.41. The summed E-state index contributed by atoms with van der Waals surface area (Å²) in [5.41, 5.74) is 3.51. The number of amides is 1. The molecule has 144 valence electrons. The van der Waals surface area contributed by atoms with Crippen molar-refractivity contribution in [2.75, 3.05) is 7.05 Å². The number of carbonyl (C=O) groups excluding carboxylic acids is 1. The molecule has 29 heavy (non-hydrogen) atoms. The highest BCUT2D eigenvalue weighted by atomic mass is 16.5. The minimum absolute atomic E-state index is 0.0593. The van der Waals surface area contributed by atoms with Crippen molar-refractivity contribution in [1.82, 2.24) is 15.0 Å². The molecule has 0 N–H and O–H groups in total. The number of carbonyl (C=O) groups is 1. The van der Waals surface area contributed by atoms with Crippen LogP contribution in [0.2, 0.25) is 0 Å². The lowest BCUT2D eigenvalue weighted by Gasteiger charge is -2.29. The molecule has 0 aliphatic carbocycles. The fourth-order valence-corrected chi connectivity index (χ4v) is 3.40. The number of benzene rings is 3. The van der Waals surface area contributed by atoms with Gasteiger partial charge in [0.2, 0.25) is 0 Å². The largest absolute Gasteiger partial charge is 0.334 e. The van der Waals surface area contributed by atoms with E-state index in [2.05, 4.69) is 10.1 Å². The van der Waals surface area contributed by atoms with Gasteiger partial charge in [-0.1, -0.05) is 65.8 Å². The van der Waals surface area contributed by atoms with E-state index in [1.165, 1.54) is 0 Å². The van der Waals surface area contributed by atoms with Gasteiger partial charge >= 0.3 is 0 Å². The van der Waals surface area contributed by atoms with Crippen LogP contribution in [0.15, 0.2) is 89.5 Å². The first-order valence-corrected chi connectivity index (χ1v) is 9.41. The van der Waals surface area contributed by atoms with Crippen LogP contribution in [-0.2, 0) is 0 Å². The van der Waals surface area contributed by atoms with Crippen molar-refractivity contribution in [3.63, 3.8) is 0 Å². The van der Waals surface area contributed by atoms with Gasteiger partial charge in [-0.25, -0.2) is 0 Å². The standard InChI is InChI=1S/C24H21N3O2/c1-17-25-23(29-26-17)20-13-15-21(16-14-20)24(28)27(2)22(18-9-5-3-6-10-18)19-11-7-4-8-12-19/h3-16,22H,1-2H3. The first-order chi connectivity index (χ1) is 14.1. The third-order valence-electron chi connectivity index (χ3n) is 4.84. The zero-order chi connectivity index (χ0) is 20.2. The molecule has 1 aromatic heterocycles. The van der Waals surface area contributed by atoms with Gasteiger partial charge in [0.15, 0.2) is 5.82 Å². The van der Waals surface area contributed by atoms with E-state index in [0.29, 0.717) is 17.3 Å². The summed E-state index contributed by atoms with van der Waals surface area (Å²) in [5.74, 6) is 0.964. The summed E-state index contributed by atoms with van der Waals surface area (Å²) in [5, 5.41) is 3.81. The van der Waals surface area contributed by atoms with Gasteiger partial charge in [0.25, 0.3) is 11.8 Å². The number of hydrogen-bond acceptors (Lipinski definition) is 4. The van der Waals surface area contributed by atoms with E-state index in [4.69, 9.17) is 4.52 Å². The van der Waals surface area contributed by atoms with Crippen LogP contribution in [0.1, 0.15) is 33.4 Å². The molecule has 0 spiro atoms. The molecule has 4 rings (SSSR count). The van der Waals surface area contributed by atoms with Gasteiger partial charge < -0.3 is 9.42 Å². The molecular formula is C24H21N3O2. The van der Waals surface area contributed by atoms with Gasteiger partial charge in [-0.2, -0.15) is 4.98 Å². The Labute approximate surface area is 169 Å². The quantitative estimate of drug-likeness (QED) is 0.491. The molecule has 0 atom stereocenters. The van der Waals surface area contributed by atoms with E-state index in [1.54, 1.807) is 24.0 Å². The lowest BCUT2D eigenvalue weighted by atomic mass is 9.96. The molecule has 0 unspecified atom stereocenters. The average Bonchev–Trinajstić information content (AvgIpc) is 3.21. The summed E-state index contributed by atoms with van der Waals surface area (Å²) in [6.07, 6.45) is 0. The Bertz CT molecular complexity index is 1050. The second-order valence-electron chi connectivity index (χ2n) is 6.86. The van der Waals surface area contributed by atoms with Gasteiger partial charge in [0.1, 0.15) is 0 Å². The summed E-state index contributed by atoms with van der Waals surface area (Å²) in [6.45, 7) is 1.77. The maximum absolute atomic E-state index is 13.3. The van der Waals surface area contributed by atoms with Crippen LogP contribution in [0, 0.1) is 6.92 Å². The van der Waals surface area contributed by atoms with Crippen molar-refractivity contribution < 1.29 is 9.32 Å².